The molecule has 0 aromatic heterocycles. The van der Waals surface area contributed by atoms with E-state index in [0.717, 1.165) is 0 Å². The molecule has 128 valence electrons. The molecular weight excluding hydrogens is 316 g/mol. The smallest absolute Gasteiger partial charge is 0.334 e. The fourth-order valence-corrected chi connectivity index (χ4v) is 2.78. The van der Waals surface area contributed by atoms with Gasteiger partial charge in [-0.2, -0.15) is 0 Å². The van der Waals surface area contributed by atoms with Crippen LogP contribution in [-0.4, -0.2) is 66.2 Å². The Labute approximate surface area is 138 Å². The highest BCUT2D eigenvalue weighted by atomic mass is 16.5. The Morgan fingerprint density at radius 1 is 1.33 bits per heavy atom. The zero-order valence-electron chi connectivity index (χ0n) is 13.2. The number of hydrogen-bond acceptors (Lipinski definition) is 5. The van der Waals surface area contributed by atoms with Gasteiger partial charge in [0, 0.05) is 6.54 Å². The van der Waals surface area contributed by atoms with Gasteiger partial charge in [0.05, 0.1) is 18.8 Å². The second-order valence-corrected chi connectivity index (χ2v) is 5.69. The first-order valence-electron chi connectivity index (χ1n) is 7.66. The first kappa shape index (κ1) is 16.3. The number of carbonyl (C=O) groups is 3. The highest BCUT2D eigenvalue weighted by Crippen LogP contribution is 2.33. The summed E-state index contributed by atoms with van der Waals surface area (Å²) in [4.78, 5) is 38.8. The predicted octanol–water partition coefficient (Wildman–Crippen LogP) is 0.112. The van der Waals surface area contributed by atoms with Crippen molar-refractivity contribution in [3.05, 3.63) is 24.3 Å². The van der Waals surface area contributed by atoms with Crippen LogP contribution in [0.4, 0.5) is 5.69 Å². The third-order valence-electron chi connectivity index (χ3n) is 4.06. The van der Waals surface area contributed by atoms with Gasteiger partial charge in [-0.25, -0.2) is 4.79 Å². The summed E-state index contributed by atoms with van der Waals surface area (Å²) in [6.07, 6.45) is -1.71. The van der Waals surface area contributed by atoms with Gasteiger partial charge in [-0.15, -0.1) is 0 Å². The average Bonchev–Trinajstić information content (AvgIpc) is 2.58. The van der Waals surface area contributed by atoms with Crippen molar-refractivity contribution in [2.24, 2.45) is 0 Å². The molecule has 8 heteroatoms. The van der Waals surface area contributed by atoms with Crippen LogP contribution < -0.4 is 9.64 Å². The molecule has 1 N–H and O–H groups in total. The molecule has 1 fully saturated rings. The molecule has 0 bridgehead atoms. The summed E-state index contributed by atoms with van der Waals surface area (Å²) in [6.45, 7) is 1.91. The van der Waals surface area contributed by atoms with E-state index in [2.05, 4.69) is 0 Å². The number of morpholine rings is 1. The molecule has 2 atom stereocenters. The molecule has 2 amide bonds. The first-order valence-corrected chi connectivity index (χ1v) is 7.66. The summed E-state index contributed by atoms with van der Waals surface area (Å²) in [5, 5.41) is 9.02. The lowest BCUT2D eigenvalue weighted by molar-refractivity contribution is -0.159. The van der Waals surface area contributed by atoms with Crippen molar-refractivity contribution in [1.29, 1.82) is 0 Å². The lowest BCUT2D eigenvalue weighted by Gasteiger charge is -2.35. The zero-order valence-corrected chi connectivity index (χ0v) is 13.2. The van der Waals surface area contributed by atoms with Crippen LogP contribution in [0.5, 0.6) is 5.75 Å². The molecule has 8 nitrogen and oxygen atoms in total. The maximum atomic E-state index is 12.5. The Morgan fingerprint density at radius 2 is 2.08 bits per heavy atom. The van der Waals surface area contributed by atoms with Crippen molar-refractivity contribution in [1.82, 2.24) is 4.90 Å². The number of anilines is 1. The van der Waals surface area contributed by atoms with Gasteiger partial charge in [-0.1, -0.05) is 12.1 Å². The van der Waals surface area contributed by atoms with Crippen LogP contribution in [0, 0.1) is 0 Å². The Bertz CT molecular complexity index is 676. The van der Waals surface area contributed by atoms with Crippen molar-refractivity contribution < 1.29 is 29.0 Å². The third-order valence-corrected chi connectivity index (χ3v) is 4.06. The summed E-state index contributed by atoms with van der Waals surface area (Å²) >= 11 is 0. The SMILES string of the molecule is C[C@@H]1Oc2ccccc2N(CC(=O)N2CCO[C@@H](C(=O)O)C2)C1=O. The second-order valence-electron chi connectivity index (χ2n) is 5.69. The summed E-state index contributed by atoms with van der Waals surface area (Å²) < 4.78 is 10.6. The summed E-state index contributed by atoms with van der Waals surface area (Å²) in [5.41, 5.74) is 0.539. The molecule has 3 rings (SSSR count). The normalized spacial score (nSPS) is 23.5. The number of nitrogens with zero attached hydrogens (tertiary/aromatic N) is 2. The number of benzene rings is 1. The van der Waals surface area contributed by atoms with Crippen LogP contribution in [0.2, 0.25) is 0 Å². The van der Waals surface area contributed by atoms with Gasteiger partial charge in [0.15, 0.2) is 12.2 Å². The quantitative estimate of drug-likeness (QED) is 0.843. The number of aliphatic carboxylic acids is 1. The van der Waals surface area contributed by atoms with Crippen LogP contribution >= 0.6 is 0 Å². The third kappa shape index (κ3) is 3.05. The van der Waals surface area contributed by atoms with Gasteiger partial charge >= 0.3 is 5.97 Å². The van der Waals surface area contributed by atoms with E-state index < -0.39 is 18.2 Å². The Balaban J connectivity index is 1.76. The Hall–Kier alpha value is -2.61. The van der Waals surface area contributed by atoms with E-state index in [0.29, 0.717) is 18.0 Å². The molecule has 24 heavy (non-hydrogen) atoms. The minimum Gasteiger partial charge on any atom is -0.479 e. The molecule has 2 aliphatic rings. The maximum Gasteiger partial charge on any atom is 0.334 e. The molecule has 2 heterocycles. The molecule has 1 aromatic carbocycles. The Morgan fingerprint density at radius 3 is 2.83 bits per heavy atom. The number of rotatable bonds is 3. The molecule has 2 aliphatic heterocycles. The van der Waals surface area contributed by atoms with Gasteiger partial charge in [0.2, 0.25) is 5.91 Å². The molecular formula is C16H18N2O6. The number of carboxylic acid groups (broad SMARTS) is 1. The van der Waals surface area contributed by atoms with Crippen molar-refractivity contribution in [2.75, 3.05) is 31.1 Å². The van der Waals surface area contributed by atoms with Crippen LogP contribution in [0.15, 0.2) is 24.3 Å². The van der Waals surface area contributed by atoms with E-state index in [-0.39, 0.29) is 31.5 Å². The van der Waals surface area contributed by atoms with Crippen molar-refractivity contribution >= 4 is 23.5 Å². The summed E-state index contributed by atoms with van der Waals surface area (Å²) in [5.74, 6) is -1.18. The number of carbonyl (C=O) groups excluding carboxylic acids is 2. The molecule has 0 unspecified atom stereocenters. The van der Waals surface area contributed by atoms with E-state index in [9.17, 15) is 14.4 Å². The number of hydrogen-bond donors (Lipinski definition) is 1. The largest absolute Gasteiger partial charge is 0.479 e. The Kier molecular flexibility index (Phi) is 4.39. The van der Waals surface area contributed by atoms with E-state index in [1.54, 1.807) is 31.2 Å². The molecule has 0 aliphatic carbocycles. The van der Waals surface area contributed by atoms with E-state index in [4.69, 9.17) is 14.6 Å². The van der Waals surface area contributed by atoms with Crippen LogP contribution in [0.25, 0.3) is 0 Å². The molecule has 1 aromatic rings. The summed E-state index contributed by atoms with van der Waals surface area (Å²) in [6, 6.07) is 7.01. The zero-order chi connectivity index (χ0) is 17.3. The van der Waals surface area contributed by atoms with Crippen LogP contribution in [-0.2, 0) is 19.1 Å². The monoisotopic (exact) mass is 334 g/mol. The predicted molar refractivity (Wildman–Crippen MR) is 82.8 cm³/mol. The minimum atomic E-state index is -1.10. The molecule has 0 spiro atoms. The van der Waals surface area contributed by atoms with E-state index in [1.165, 1.54) is 9.80 Å². The average molecular weight is 334 g/mol. The molecule has 1 saturated heterocycles. The first-order chi connectivity index (χ1) is 11.5. The van der Waals surface area contributed by atoms with Crippen LogP contribution in [0.1, 0.15) is 6.92 Å². The minimum absolute atomic E-state index is 0.0239. The van der Waals surface area contributed by atoms with Gasteiger partial charge in [-0.05, 0) is 19.1 Å². The number of para-hydroxylation sites is 2. The van der Waals surface area contributed by atoms with Crippen LogP contribution in [0.3, 0.4) is 0 Å². The maximum absolute atomic E-state index is 12.5. The standard InChI is InChI=1S/C16H18N2O6/c1-10-15(20)18(11-4-2-3-5-12(11)24-10)9-14(19)17-6-7-23-13(8-17)16(21)22/h2-5,10,13H,6-9H2,1H3,(H,21,22)/t10-,13+/m0/s1. The summed E-state index contributed by atoms with van der Waals surface area (Å²) in [7, 11) is 0. The second kappa shape index (κ2) is 6.48. The number of fused-ring (bicyclic) bond motifs is 1. The van der Waals surface area contributed by atoms with Crippen molar-refractivity contribution in [3.63, 3.8) is 0 Å². The van der Waals surface area contributed by atoms with Gasteiger partial charge in [-0.3, -0.25) is 14.5 Å². The van der Waals surface area contributed by atoms with E-state index in [1.807, 2.05) is 0 Å². The fourth-order valence-electron chi connectivity index (χ4n) is 2.78. The van der Waals surface area contributed by atoms with Crippen molar-refractivity contribution in [3.8, 4) is 5.75 Å². The molecule has 0 saturated carbocycles. The molecule has 0 radical (unpaired) electrons. The van der Waals surface area contributed by atoms with Gasteiger partial charge < -0.3 is 19.5 Å². The number of carboxylic acids is 1. The highest BCUT2D eigenvalue weighted by Gasteiger charge is 2.35. The van der Waals surface area contributed by atoms with Crippen molar-refractivity contribution in [2.45, 2.75) is 19.1 Å². The van der Waals surface area contributed by atoms with Gasteiger partial charge in [0.25, 0.3) is 5.91 Å². The number of amides is 2. The topological polar surface area (TPSA) is 96.4 Å². The highest BCUT2D eigenvalue weighted by molar-refractivity contribution is 6.03. The fraction of sp³-hybridized carbons (Fsp3) is 0.438. The lowest BCUT2D eigenvalue weighted by atomic mass is 10.2. The van der Waals surface area contributed by atoms with E-state index >= 15 is 0 Å². The lowest BCUT2D eigenvalue weighted by Crippen LogP contribution is -2.54. The number of ether oxygens (including phenoxy) is 2. The van der Waals surface area contributed by atoms with Gasteiger partial charge in [0.1, 0.15) is 12.3 Å².